The molecular formula is C17H28Cl2N4O2. The average molecular weight is 391 g/mol. The fourth-order valence-electron chi connectivity index (χ4n) is 3.69. The molecule has 2 fully saturated rings. The van der Waals surface area contributed by atoms with Gasteiger partial charge in [-0.15, -0.1) is 24.8 Å². The summed E-state index contributed by atoms with van der Waals surface area (Å²) in [5.41, 5.74) is 0.628. The van der Waals surface area contributed by atoms with Gasteiger partial charge in [0.05, 0.1) is 6.10 Å². The van der Waals surface area contributed by atoms with Gasteiger partial charge in [0, 0.05) is 24.8 Å². The molecule has 1 saturated heterocycles. The van der Waals surface area contributed by atoms with Crippen molar-refractivity contribution in [2.45, 2.75) is 37.8 Å². The van der Waals surface area contributed by atoms with Gasteiger partial charge in [-0.25, -0.2) is 4.98 Å². The average Bonchev–Trinajstić information content (AvgIpc) is 2.58. The number of amides is 1. The number of rotatable bonds is 5. The van der Waals surface area contributed by atoms with Gasteiger partial charge < -0.3 is 21.1 Å². The van der Waals surface area contributed by atoms with Crippen LogP contribution in [0.4, 0.5) is 5.82 Å². The number of nitrogens with one attached hydrogen (secondary N) is 3. The van der Waals surface area contributed by atoms with Crippen LogP contribution in [0.15, 0.2) is 18.3 Å². The van der Waals surface area contributed by atoms with Crippen LogP contribution >= 0.6 is 24.8 Å². The highest BCUT2D eigenvalue weighted by Crippen LogP contribution is 2.35. The van der Waals surface area contributed by atoms with E-state index < -0.39 is 0 Å². The van der Waals surface area contributed by atoms with Gasteiger partial charge in [0.1, 0.15) is 5.82 Å². The molecule has 0 spiro atoms. The van der Waals surface area contributed by atoms with Crippen molar-refractivity contribution in [3.63, 3.8) is 0 Å². The Balaban J connectivity index is 0.00000156. The maximum atomic E-state index is 12.6. The molecule has 1 aliphatic heterocycles. The van der Waals surface area contributed by atoms with Crippen LogP contribution in [-0.2, 0) is 0 Å². The minimum absolute atomic E-state index is 0. The van der Waals surface area contributed by atoms with Crippen molar-refractivity contribution in [2.75, 3.05) is 25.5 Å². The third kappa shape index (κ3) is 5.45. The number of carbonyl (C=O) groups is 1. The molecule has 1 aromatic rings. The third-order valence-corrected chi connectivity index (χ3v) is 5.13. The first-order chi connectivity index (χ1) is 11.2. The standard InChI is InChI=1S/C17H26N4O2.2ClH/c1-18-15-10-12(4-7-20-15)17(23)21-16(13-8-14(22)9-13)11-2-5-19-6-3-11;;/h4,7,10-11,13-14,16,19,22H,2-3,5-6,8-9H2,1H3,(H,18,20)(H,21,23);2*1H. The van der Waals surface area contributed by atoms with E-state index in [9.17, 15) is 9.90 Å². The quantitative estimate of drug-likeness (QED) is 0.616. The summed E-state index contributed by atoms with van der Waals surface area (Å²) in [5, 5.41) is 19.2. The second kappa shape index (κ2) is 10.2. The smallest absolute Gasteiger partial charge is 0.251 e. The van der Waals surface area contributed by atoms with Crippen LogP contribution in [0, 0.1) is 11.8 Å². The topological polar surface area (TPSA) is 86.3 Å². The van der Waals surface area contributed by atoms with E-state index in [4.69, 9.17) is 0 Å². The lowest BCUT2D eigenvalue weighted by atomic mass is 9.71. The zero-order valence-electron chi connectivity index (χ0n) is 14.4. The molecule has 2 aliphatic rings. The monoisotopic (exact) mass is 390 g/mol. The van der Waals surface area contributed by atoms with E-state index in [0.29, 0.717) is 23.2 Å². The molecule has 1 aromatic heterocycles. The fraction of sp³-hybridized carbons (Fsp3) is 0.647. The van der Waals surface area contributed by atoms with Crippen molar-refractivity contribution >= 4 is 36.5 Å². The van der Waals surface area contributed by atoms with Crippen LogP contribution in [0.5, 0.6) is 0 Å². The van der Waals surface area contributed by atoms with E-state index >= 15 is 0 Å². The number of hydrogen-bond acceptors (Lipinski definition) is 5. The number of carbonyl (C=O) groups excluding carboxylic acids is 1. The minimum atomic E-state index is -0.196. The number of aliphatic hydroxyl groups excluding tert-OH is 1. The number of nitrogens with zero attached hydrogens (tertiary/aromatic N) is 1. The summed E-state index contributed by atoms with van der Waals surface area (Å²) in [4.78, 5) is 16.8. The normalized spacial score (nSPS) is 24.1. The fourth-order valence-corrected chi connectivity index (χ4v) is 3.69. The van der Waals surface area contributed by atoms with Gasteiger partial charge in [-0.1, -0.05) is 0 Å². The number of anilines is 1. The second-order valence-corrected chi connectivity index (χ2v) is 6.65. The SMILES string of the molecule is CNc1cc(C(=O)NC(C2CCNCC2)C2CC(O)C2)ccn1.Cl.Cl. The Kier molecular flexibility index (Phi) is 8.93. The highest BCUT2D eigenvalue weighted by atomic mass is 35.5. The molecule has 1 atom stereocenters. The maximum Gasteiger partial charge on any atom is 0.251 e. The van der Waals surface area contributed by atoms with Crippen molar-refractivity contribution in [3.8, 4) is 0 Å². The lowest BCUT2D eigenvalue weighted by Crippen LogP contribution is -2.52. The summed E-state index contributed by atoms with van der Waals surface area (Å²) in [7, 11) is 1.79. The summed E-state index contributed by atoms with van der Waals surface area (Å²) in [5.74, 6) is 1.52. The van der Waals surface area contributed by atoms with Crippen LogP contribution in [0.3, 0.4) is 0 Å². The second-order valence-electron chi connectivity index (χ2n) is 6.65. The number of aromatic nitrogens is 1. The number of aliphatic hydroxyl groups is 1. The first-order valence-corrected chi connectivity index (χ1v) is 8.51. The Bertz CT molecular complexity index is 549. The van der Waals surface area contributed by atoms with Crippen LogP contribution in [0.2, 0.25) is 0 Å². The lowest BCUT2D eigenvalue weighted by Gasteiger charge is -2.43. The van der Waals surface area contributed by atoms with Crippen molar-refractivity contribution < 1.29 is 9.90 Å². The van der Waals surface area contributed by atoms with Gasteiger partial charge >= 0.3 is 0 Å². The number of pyridine rings is 1. The molecule has 1 saturated carbocycles. The van der Waals surface area contributed by atoms with Crippen molar-refractivity contribution in [1.82, 2.24) is 15.6 Å². The molecule has 8 heteroatoms. The molecule has 0 bridgehead atoms. The van der Waals surface area contributed by atoms with E-state index in [-0.39, 0.29) is 42.9 Å². The maximum absolute atomic E-state index is 12.6. The Hall–Kier alpha value is -1.08. The Morgan fingerprint density at radius 3 is 2.56 bits per heavy atom. The Morgan fingerprint density at radius 2 is 1.96 bits per heavy atom. The van der Waals surface area contributed by atoms with Gasteiger partial charge in [0.2, 0.25) is 0 Å². The molecule has 0 aromatic carbocycles. The van der Waals surface area contributed by atoms with Gasteiger partial charge in [-0.2, -0.15) is 0 Å². The molecule has 25 heavy (non-hydrogen) atoms. The first kappa shape index (κ1) is 22.0. The number of hydrogen-bond donors (Lipinski definition) is 4. The molecular weight excluding hydrogens is 363 g/mol. The van der Waals surface area contributed by atoms with Gasteiger partial charge in [-0.05, 0) is 62.7 Å². The van der Waals surface area contributed by atoms with Crippen LogP contribution < -0.4 is 16.0 Å². The molecule has 0 radical (unpaired) electrons. The van der Waals surface area contributed by atoms with Gasteiger partial charge in [-0.3, -0.25) is 4.79 Å². The largest absolute Gasteiger partial charge is 0.393 e. The zero-order valence-corrected chi connectivity index (χ0v) is 16.0. The summed E-state index contributed by atoms with van der Waals surface area (Å²) in [6.45, 7) is 2.01. The van der Waals surface area contributed by atoms with Gasteiger partial charge in [0.25, 0.3) is 5.91 Å². The molecule has 3 rings (SSSR count). The highest BCUT2D eigenvalue weighted by Gasteiger charge is 2.39. The van der Waals surface area contributed by atoms with E-state index in [2.05, 4.69) is 20.9 Å². The van der Waals surface area contributed by atoms with E-state index in [0.717, 1.165) is 38.8 Å². The molecule has 2 heterocycles. The van der Waals surface area contributed by atoms with Crippen LogP contribution in [-0.4, -0.2) is 48.3 Å². The summed E-state index contributed by atoms with van der Waals surface area (Å²) < 4.78 is 0. The molecule has 1 unspecified atom stereocenters. The minimum Gasteiger partial charge on any atom is -0.393 e. The lowest BCUT2D eigenvalue weighted by molar-refractivity contribution is 0.00919. The molecule has 142 valence electrons. The van der Waals surface area contributed by atoms with Crippen LogP contribution in [0.25, 0.3) is 0 Å². The predicted molar refractivity (Wildman–Crippen MR) is 104 cm³/mol. The summed E-state index contributed by atoms with van der Waals surface area (Å²) in [6.07, 6.45) is 5.21. The predicted octanol–water partition coefficient (Wildman–Crippen LogP) is 1.84. The molecule has 6 nitrogen and oxygen atoms in total. The summed E-state index contributed by atoms with van der Waals surface area (Å²) >= 11 is 0. The zero-order chi connectivity index (χ0) is 16.2. The first-order valence-electron chi connectivity index (χ1n) is 8.51. The third-order valence-electron chi connectivity index (χ3n) is 5.13. The van der Waals surface area contributed by atoms with Crippen molar-refractivity contribution in [1.29, 1.82) is 0 Å². The highest BCUT2D eigenvalue weighted by molar-refractivity contribution is 5.95. The molecule has 1 amide bonds. The molecule has 4 N–H and O–H groups in total. The van der Waals surface area contributed by atoms with Crippen molar-refractivity contribution in [2.24, 2.45) is 11.8 Å². The Morgan fingerprint density at radius 1 is 1.28 bits per heavy atom. The van der Waals surface area contributed by atoms with Crippen molar-refractivity contribution in [3.05, 3.63) is 23.9 Å². The van der Waals surface area contributed by atoms with Gasteiger partial charge in [0.15, 0.2) is 0 Å². The van der Waals surface area contributed by atoms with E-state index in [1.807, 2.05) is 0 Å². The number of halogens is 2. The summed E-state index contributed by atoms with van der Waals surface area (Å²) in [6, 6.07) is 3.66. The van der Waals surface area contributed by atoms with E-state index in [1.165, 1.54) is 0 Å². The molecule has 1 aliphatic carbocycles. The Labute approximate surface area is 161 Å². The van der Waals surface area contributed by atoms with Crippen LogP contribution in [0.1, 0.15) is 36.0 Å². The number of piperidine rings is 1. The van der Waals surface area contributed by atoms with E-state index in [1.54, 1.807) is 25.4 Å².